The van der Waals surface area contributed by atoms with Crippen LogP contribution in [-0.4, -0.2) is 23.4 Å². The SMILES string of the molecule is COc1cccc(/C=N\[C@H](C)c2ccc([N+](=O)[O-])cc2)c1O. The Kier molecular flexibility index (Phi) is 4.73. The second kappa shape index (κ2) is 6.71. The molecule has 0 radical (unpaired) electrons. The Morgan fingerprint density at radius 1 is 1.27 bits per heavy atom. The van der Waals surface area contributed by atoms with E-state index in [1.165, 1.54) is 19.2 Å². The zero-order chi connectivity index (χ0) is 16.1. The first-order valence-electron chi connectivity index (χ1n) is 6.66. The molecule has 1 N–H and O–H groups in total. The minimum Gasteiger partial charge on any atom is -0.504 e. The van der Waals surface area contributed by atoms with Gasteiger partial charge in [-0.2, -0.15) is 0 Å². The molecule has 0 aromatic heterocycles. The summed E-state index contributed by atoms with van der Waals surface area (Å²) in [6, 6.07) is 11.2. The molecule has 0 heterocycles. The fourth-order valence-electron chi connectivity index (χ4n) is 1.96. The number of rotatable bonds is 5. The summed E-state index contributed by atoms with van der Waals surface area (Å²) >= 11 is 0. The Bertz CT molecular complexity index is 696. The minimum atomic E-state index is -0.438. The van der Waals surface area contributed by atoms with Crippen LogP contribution in [-0.2, 0) is 0 Å². The van der Waals surface area contributed by atoms with Crippen LogP contribution in [0, 0.1) is 10.1 Å². The topological polar surface area (TPSA) is 85.0 Å². The lowest BCUT2D eigenvalue weighted by molar-refractivity contribution is -0.384. The van der Waals surface area contributed by atoms with Gasteiger partial charge in [-0.25, -0.2) is 0 Å². The van der Waals surface area contributed by atoms with Gasteiger partial charge in [-0.1, -0.05) is 18.2 Å². The predicted octanol–water partition coefficient (Wildman–Crippen LogP) is 3.49. The zero-order valence-corrected chi connectivity index (χ0v) is 12.3. The van der Waals surface area contributed by atoms with E-state index in [9.17, 15) is 15.2 Å². The first-order valence-corrected chi connectivity index (χ1v) is 6.66. The third-order valence-electron chi connectivity index (χ3n) is 3.27. The standard InChI is InChI=1S/C16H16N2O4/c1-11(12-6-8-14(9-7-12)18(20)21)17-10-13-4-3-5-15(22-2)16(13)19/h3-11,19H,1-2H3/b17-10-/t11-/m1/s1. The molecule has 0 saturated heterocycles. The maximum atomic E-state index is 10.6. The Hall–Kier alpha value is -2.89. The molecule has 6 nitrogen and oxygen atoms in total. The lowest BCUT2D eigenvalue weighted by Gasteiger charge is -2.08. The van der Waals surface area contributed by atoms with Crippen LogP contribution in [0.15, 0.2) is 47.5 Å². The molecule has 0 amide bonds. The molecule has 0 spiro atoms. The van der Waals surface area contributed by atoms with Gasteiger partial charge in [0.15, 0.2) is 11.5 Å². The number of nitrogens with zero attached hydrogens (tertiary/aromatic N) is 2. The first-order chi connectivity index (χ1) is 10.5. The van der Waals surface area contributed by atoms with Crippen LogP contribution in [0.5, 0.6) is 11.5 Å². The van der Waals surface area contributed by atoms with Crippen LogP contribution in [0.2, 0.25) is 0 Å². The van der Waals surface area contributed by atoms with E-state index in [2.05, 4.69) is 4.99 Å². The number of aliphatic imine (C=N–C) groups is 1. The number of hydrogen-bond acceptors (Lipinski definition) is 5. The molecule has 0 saturated carbocycles. The molecule has 22 heavy (non-hydrogen) atoms. The summed E-state index contributed by atoms with van der Waals surface area (Å²) in [6.45, 7) is 1.87. The van der Waals surface area contributed by atoms with Crippen molar-refractivity contribution in [3.8, 4) is 11.5 Å². The highest BCUT2D eigenvalue weighted by molar-refractivity contribution is 5.84. The summed E-state index contributed by atoms with van der Waals surface area (Å²) in [4.78, 5) is 14.6. The summed E-state index contributed by atoms with van der Waals surface area (Å²) in [7, 11) is 1.48. The van der Waals surface area contributed by atoms with Crippen molar-refractivity contribution < 1.29 is 14.8 Å². The van der Waals surface area contributed by atoms with Crippen LogP contribution in [0.4, 0.5) is 5.69 Å². The summed E-state index contributed by atoms with van der Waals surface area (Å²) in [6.07, 6.45) is 1.56. The molecular weight excluding hydrogens is 284 g/mol. The molecule has 0 bridgehead atoms. The van der Waals surface area contributed by atoms with E-state index in [-0.39, 0.29) is 17.5 Å². The number of para-hydroxylation sites is 1. The number of non-ortho nitro benzene ring substituents is 1. The first kappa shape index (κ1) is 15.5. The van der Waals surface area contributed by atoms with Crippen LogP contribution in [0.3, 0.4) is 0 Å². The Balaban J connectivity index is 2.17. The van der Waals surface area contributed by atoms with Gasteiger partial charge >= 0.3 is 0 Å². The zero-order valence-electron chi connectivity index (χ0n) is 12.3. The van der Waals surface area contributed by atoms with Gasteiger partial charge in [0, 0.05) is 23.9 Å². The lowest BCUT2D eigenvalue weighted by Crippen LogP contribution is -1.94. The molecule has 2 rings (SSSR count). The van der Waals surface area contributed by atoms with Crippen molar-refractivity contribution in [3.63, 3.8) is 0 Å². The van der Waals surface area contributed by atoms with E-state index in [0.29, 0.717) is 11.3 Å². The van der Waals surface area contributed by atoms with Gasteiger partial charge < -0.3 is 9.84 Å². The number of nitro benzene ring substituents is 1. The fourth-order valence-corrected chi connectivity index (χ4v) is 1.96. The van der Waals surface area contributed by atoms with Gasteiger partial charge in [0.25, 0.3) is 5.69 Å². The maximum Gasteiger partial charge on any atom is 0.269 e. The van der Waals surface area contributed by atoms with Crippen molar-refractivity contribution in [1.82, 2.24) is 0 Å². The molecule has 0 aliphatic carbocycles. The highest BCUT2D eigenvalue weighted by Crippen LogP contribution is 2.28. The van der Waals surface area contributed by atoms with E-state index in [0.717, 1.165) is 5.56 Å². The van der Waals surface area contributed by atoms with Gasteiger partial charge in [-0.05, 0) is 24.6 Å². The largest absolute Gasteiger partial charge is 0.504 e. The van der Waals surface area contributed by atoms with Gasteiger partial charge in [0.2, 0.25) is 0 Å². The van der Waals surface area contributed by atoms with E-state index in [4.69, 9.17) is 4.74 Å². The second-order valence-electron chi connectivity index (χ2n) is 4.70. The molecule has 0 unspecified atom stereocenters. The van der Waals surface area contributed by atoms with Gasteiger partial charge in [0.1, 0.15) is 0 Å². The van der Waals surface area contributed by atoms with Gasteiger partial charge in [0.05, 0.1) is 18.1 Å². The molecular formula is C16H16N2O4. The Morgan fingerprint density at radius 3 is 2.55 bits per heavy atom. The van der Waals surface area contributed by atoms with Crippen LogP contribution < -0.4 is 4.74 Å². The quantitative estimate of drug-likeness (QED) is 0.520. The third-order valence-corrected chi connectivity index (χ3v) is 3.27. The summed E-state index contributed by atoms with van der Waals surface area (Å²) in [5.74, 6) is 0.414. The van der Waals surface area contributed by atoms with E-state index < -0.39 is 4.92 Å². The lowest BCUT2D eigenvalue weighted by atomic mass is 10.1. The number of phenols is 1. The normalized spacial score (nSPS) is 12.3. The number of phenolic OH excluding ortho intramolecular Hbond substituents is 1. The van der Waals surface area contributed by atoms with Crippen LogP contribution >= 0.6 is 0 Å². The highest BCUT2D eigenvalue weighted by Gasteiger charge is 2.09. The summed E-state index contributed by atoms with van der Waals surface area (Å²) in [5.41, 5.74) is 1.45. The molecule has 6 heteroatoms. The van der Waals surface area contributed by atoms with Gasteiger partial charge in [-0.15, -0.1) is 0 Å². The fraction of sp³-hybridized carbons (Fsp3) is 0.188. The number of aromatic hydroxyl groups is 1. The maximum absolute atomic E-state index is 10.6. The van der Waals surface area contributed by atoms with E-state index in [1.54, 1.807) is 36.5 Å². The predicted molar refractivity (Wildman–Crippen MR) is 83.8 cm³/mol. The molecule has 0 aliphatic heterocycles. The van der Waals surface area contributed by atoms with Crippen molar-refractivity contribution >= 4 is 11.9 Å². The van der Waals surface area contributed by atoms with E-state index in [1.807, 2.05) is 6.92 Å². The summed E-state index contributed by atoms with van der Waals surface area (Å²) < 4.78 is 5.04. The second-order valence-corrected chi connectivity index (χ2v) is 4.70. The van der Waals surface area contributed by atoms with E-state index >= 15 is 0 Å². The van der Waals surface area contributed by atoms with Crippen molar-refractivity contribution in [2.45, 2.75) is 13.0 Å². The molecule has 1 atom stereocenters. The Morgan fingerprint density at radius 2 is 1.95 bits per heavy atom. The Labute approximate surface area is 127 Å². The number of hydrogen-bond donors (Lipinski definition) is 1. The van der Waals surface area contributed by atoms with Crippen molar-refractivity contribution in [2.75, 3.05) is 7.11 Å². The van der Waals surface area contributed by atoms with Crippen molar-refractivity contribution in [2.24, 2.45) is 4.99 Å². The third kappa shape index (κ3) is 3.41. The minimum absolute atomic E-state index is 0.0321. The number of methoxy groups -OCH3 is 1. The van der Waals surface area contributed by atoms with Crippen LogP contribution in [0.25, 0.3) is 0 Å². The van der Waals surface area contributed by atoms with Gasteiger partial charge in [-0.3, -0.25) is 15.1 Å². The number of ether oxygens (including phenoxy) is 1. The highest BCUT2D eigenvalue weighted by atomic mass is 16.6. The monoisotopic (exact) mass is 300 g/mol. The molecule has 0 fully saturated rings. The number of nitro groups is 1. The summed E-state index contributed by atoms with van der Waals surface area (Å²) in [5, 5.41) is 20.6. The average molecular weight is 300 g/mol. The van der Waals surface area contributed by atoms with Crippen LogP contribution in [0.1, 0.15) is 24.1 Å². The molecule has 114 valence electrons. The molecule has 2 aromatic rings. The molecule has 0 aliphatic rings. The molecule has 2 aromatic carbocycles. The smallest absolute Gasteiger partial charge is 0.269 e. The van der Waals surface area contributed by atoms with Crippen molar-refractivity contribution in [3.05, 3.63) is 63.7 Å². The average Bonchev–Trinajstić information content (AvgIpc) is 2.53. The number of benzene rings is 2. The van der Waals surface area contributed by atoms with Crippen molar-refractivity contribution in [1.29, 1.82) is 0 Å².